The van der Waals surface area contributed by atoms with Gasteiger partial charge in [-0.15, -0.1) is 0 Å². The maximum Gasteiger partial charge on any atom is 0.221 e. The van der Waals surface area contributed by atoms with Crippen LogP contribution in [0, 0.1) is 0 Å². The van der Waals surface area contributed by atoms with Crippen LogP contribution in [0.3, 0.4) is 0 Å². The zero-order valence-electron chi connectivity index (χ0n) is 13.8. The fraction of sp³-hybridized carbons (Fsp3) is 0.316. The summed E-state index contributed by atoms with van der Waals surface area (Å²) in [5.41, 5.74) is 2.21. The van der Waals surface area contributed by atoms with Gasteiger partial charge in [-0.25, -0.2) is 0 Å². The molecular weight excluding hydrogens is 324 g/mol. The molecule has 0 bridgehead atoms. The summed E-state index contributed by atoms with van der Waals surface area (Å²) in [6, 6.07) is 15.5. The first-order valence-corrected chi connectivity index (χ1v) is 8.40. The molecule has 0 atom stereocenters. The highest BCUT2D eigenvalue weighted by Crippen LogP contribution is 2.16. The fourth-order valence-electron chi connectivity index (χ4n) is 2.40. The van der Waals surface area contributed by atoms with Crippen molar-refractivity contribution in [1.29, 1.82) is 0 Å². The molecule has 0 spiro atoms. The molecule has 0 saturated carbocycles. The summed E-state index contributed by atoms with van der Waals surface area (Å²) in [6.07, 6.45) is 1.23. The summed E-state index contributed by atoms with van der Waals surface area (Å²) in [5, 5.41) is 6.91. The number of hydrogen-bond donors (Lipinski definition) is 2. The molecule has 0 radical (unpaired) electrons. The van der Waals surface area contributed by atoms with E-state index in [1.807, 2.05) is 48.5 Å². The molecule has 24 heavy (non-hydrogen) atoms. The Morgan fingerprint density at radius 1 is 1.12 bits per heavy atom. The Bertz CT molecular complexity index is 661. The van der Waals surface area contributed by atoms with Crippen molar-refractivity contribution in [3.8, 4) is 5.75 Å². The van der Waals surface area contributed by atoms with Gasteiger partial charge in [-0.1, -0.05) is 41.9 Å². The molecule has 128 valence electrons. The third kappa shape index (κ3) is 6.22. The number of benzene rings is 2. The van der Waals surface area contributed by atoms with Crippen molar-refractivity contribution in [3.63, 3.8) is 0 Å². The molecule has 0 aromatic heterocycles. The Morgan fingerprint density at radius 3 is 2.75 bits per heavy atom. The molecule has 0 aliphatic rings. The standard InChI is InChI=1S/C19H23ClN2O2/c1-24-18-8-3-2-6-16(18)14-21-11-10-19(23)22-12-9-15-5-4-7-17(20)13-15/h2-8,13,21H,9-12,14H2,1H3,(H,22,23). The number of amides is 1. The second-order valence-corrected chi connectivity index (χ2v) is 5.90. The lowest BCUT2D eigenvalue weighted by Gasteiger charge is -2.09. The summed E-state index contributed by atoms with van der Waals surface area (Å²) >= 11 is 5.94. The van der Waals surface area contributed by atoms with E-state index in [0.717, 1.165) is 28.3 Å². The van der Waals surface area contributed by atoms with Crippen molar-refractivity contribution in [2.75, 3.05) is 20.2 Å². The van der Waals surface area contributed by atoms with Crippen LogP contribution >= 0.6 is 11.6 Å². The number of rotatable bonds is 9. The molecule has 2 aromatic rings. The molecule has 0 unspecified atom stereocenters. The number of nitrogens with one attached hydrogen (secondary N) is 2. The minimum Gasteiger partial charge on any atom is -0.496 e. The molecule has 0 aliphatic carbocycles. The first-order valence-electron chi connectivity index (χ1n) is 8.03. The average Bonchev–Trinajstić information content (AvgIpc) is 2.59. The van der Waals surface area contributed by atoms with Crippen LogP contribution in [0.5, 0.6) is 5.75 Å². The third-order valence-corrected chi connectivity index (χ3v) is 3.90. The smallest absolute Gasteiger partial charge is 0.221 e. The Balaban J connectivity index is 1.61. The second kappa shape index (κ2) is 9.96. The third-order valence-electron chi connectivity index (χ3n) is 3.66. The predicted octanol–water partition coefficient (Wildman–Crippen LogP) is 3.19. The molecule has 0 heterocycles. The Labute approximate surface area is 148 Å². The molecule has 0 fully saturated rings. The lowest BCUT2D eigenvalue weighted by Crippen LogP contribution is -2.29. The minimum absolute atomic E-state index is 0.0459. The van der Waals surface area contributed by atoms with E-state index in [1.165, 1.54) is 0 Å². The summed E-state index contributed by atoms with van der Waals surface area (Å²) < 4.78 is 5.30. The quantitative estimate of drug-likeness (QED) is 0.686. The van der Waals surface area contributed by atoms with Crippen molar-refractivity contribution in [1.82, 2.24) is 10.6 Å². The maximum atomic E-state index is 11.8. The monoisotopic (exact) mass is 346 g/mol. The highest BCUT2D eigenvalue weighted by atomic mass is 35.5. The molecule has 2 aromatic carbocycles. The number of methoxy groups -OCH3 is 1. The SMILES string of the molecule is COc1ccccc1CNCCC(=O)NCCc1cccc(Cl)c1. The Kier molecular flexibility index (Phi) is 7.59. The van der Waals surface area contributed by atoms with Gasteiger partial charge >= 0.3 is 0 Å². The predicted molar refractivity (Wildman–Crippen MR) is 97.5 cm³/mol. The van der Waals surface area contributed by atoms with Gasteiger partial charge in [-0.05, 0) is 30.2 Å². The number of halogens is 1. The Hall–Kier alpha value is -2.04. The summed E-state index contributed by atoms with van der Waals surface area (Å²) in [4.78, 5) is 11.8. The molecule has 0 saturated heterocycles. The van der Waals surface area contributed by atoms with E-state index >= 15 is 0 Å². The van der Waals surface area contributed by atoms with Crippen LogP contribution in [0.4, 0.5) is 0 Å². The second-order valence-electron chi connectivity index (χ2n) is 5.47. The molecular formula is C19H23ClN2O2. The van der Waals surface area contributed by atoms with E-state index in [0.29, 0.717) is 26.1 Å². The van der Waals surface area contributed by atoms with Crippen LogP contribution in [0.15, 0.2) is 48.5 Å². The van der Waals surface area contributed by atoms with Gasteiger partial charge in [0.15, 0.2) is 0 Å². The van der Waals surface area contributed by atoms with Gasteiger partial charge in [0.25, 0.3) is 0 Å². The van der Waals surface area contributed by atoms with Crippen molar-refractivity contribution >= 4 is 17.5 Å². The number of carbonyl (C=O) groups is 1. The average molecular weight is 347 g/mol. The van der Waals surface area contributed by atoms with Crippen LogP contribution in [-0.2, 0) is 17.8 Å². The molecule has 1 amide bonds. The number of para-hydroxylation sites is 1. The van der Waals surface area contributed by atoms with E-state index in [1.54, 1.807) is 7.11 Å². The minimum atomic E-state index is 0.0459. The summed E-state index contributed by atoms with van der Waals surface area (Å²) in [5.74, 6) is 0.903. The molecule has 4 nitrogen and oxygen atoms in total. The van der Waals surface area contributed by atoms with Gasteiger partial charge in [0.2, 0.25) is 5.91 Å². The van der Waals surface area contributed by atoms with E-state index < -0.39 is 0 Å². The number of carbonyl (C=O) groups excluding carboxylic acids is 1. The van der Waals surface area contributed by atoms with Crippen molar-refractivity contribution in [2.24, 2.45) is 0 Å². The lowest BCUT2D eigenvalue weighted by molar-refractivity contribution is -0.120. The first kappa shape index (κ1) is 18.3. The first-order chi connectivity index (χ1) is 11.7. The van der Waals surface area contributed by atoms with Gasteiger partial charge in [-0.3, -0.25) is 4.79 Å². The molecule has 5 heteroatoms. The zero-order valence-corrected chi connectivity index (χ0v) is 14.6. The Morgan fingerprint density at radius 2 is 1.96 bits per heavy atom. The molecule has 2 rings (SSSR count). The topological polar surface area (TPSA) is 50.4 Å². The van der Waals surface area contributed by atoms with Crippen molar-refractivity contribution in [2.45, 2.75) is 19.4 Å². The van der Waals surface area contributed by atoms with Crippen LogP contribution < -0.4 is 15.4 Å². The number of ether oxygens (including phenoxy) is 1. The summed E-state index contributed by atoms with van der Waals surface area (Å²) in [6.45, 7) is 1.92. The van der Waals surface area contributed by atoms with E-state index in [4.69, 9.17) is 16.3 Å². The van der Waals surface area contributed by atoms with Crippen molar-refractivity contribution in [3.05, 3.63) is 64.7 Å². The van der Waals surface area contributed by atoms with E-state index in [2.05, 4.69) is 10.6 Å². The van der Waals surface area contributed by atoms with Crippen LogP contribution in [0.1, 0.15) is 17.5 Å². The highest BCUT2D eigenvalue weighted by Gasteiger charge is 2.03. The van der Waals surface area contributed by atoms with E-state index in [9.17, 15) is 4.79 Å². The molecule has 0 aliphatic heterocycles. The summed E-state index contributed by atoms with van der Waals surface area (Å²) in [7, 11) is 1.66. The van der Waals surface area contributed by atoms with Gasteiger partial charge in [-0.2, -0.15) is 0 Å². The fourth-order valence-corrected chi connectivity index (χ4v) is 2.61. The maximum absolute atomic E-state index is 11.8. The normalized spacial score (nSPS) is 10.4. The van der Waals surface area contributed by atoms with Gasteiger partial charge < -0.3 is 15.4 Å². The lowest BCUT2D eigenvalue weighted by atomic mass is 10.1. The molecule has 2 N–H and O–H groups in total. The number of hydrogen-bond acceptors (Lipinski definition) is 3. The van der Waals surface area contributed by atoms with Crippen LogP contribution in [-0.4, -0.2) is 26.1 Å². The van der Waals surface area contributed by atoms with Gasteiger partial charge in [0.05, 0.1) is 7.11 Å². The van der Waals surface area contributed by atoms with Gasteiger partial charge in [0.1, 0.15) is 5.75 Å². The highest BCUT2D eigenvalue weighted by molar-refractivity contribution is 6.30. The van der Waals surface area contributed by atoms with Crippen molar-refractivity contribution < 1.29 is 9.53 Å². The largest absolute Gasteiger partial charge is 0.496 e. The van der Waals surface area contributed by atoms with Crippen LogP contribution in [0.2, 0.25) is 5.02 Å². The van der Waals surface area contributed by atoms with Crippen LogP contribution in [0.25, 0.3) is 0 Å². The zero-order chi connectivity index (χ0) is 17.2. The van der Waals surface area contributed by atoms with Gasteiger partial charge in [0, 0.05) is 36.6 Å². The van der Waals surface area contributed by atoms with E-state index in [-0.39, 0.29) is 5.91 Å².